The number of carbonyl (C=O) groups excluding carboxylic acids is 1. The molecule has 1 fully saturated rings. The number of aromatic nitrogens is 3. The molecule has 1 aromatic carbocycles. The SMILES string of the molecule is O=C(Nc1cc(Cl)c(F)c(Cl)c1)c1n[nH]c(C2CC2)n1. The van der Waals surface area contributed by atoms with E-state index in [9.17, 15) is 9.18 Å². The van der Waals surface area contributed by atoms with Gasteiger partial charge in [0, 0.05) is 11.6 Å². The standard InChI is InChI=1S/C12H9Cl2FN4O/c13-7-3-6(4-8(14)9(7)15)16-12(20)11-17-10(18-19-11)5-1-2-5/h3-5H,1-2H2,(H,16,20)(H,17,18,19). The van der Waals surface area contributed by atoms with Gasteiger partial charge in [0.25, 0.3) is 5.91 Å². The van der Waals surface area contributed by atoms with Crippen LogP contribution in [0.2, 0.25) is 10.0 Å². The van der Waals surface area contributed by atoms with E-state index < -0.39 is 11.7 Å². The molecule has 3 rings (SSSR count). The first-order valence-corrected chi connectivity index (χ1v) is 6.68. The fraction of sp³-hybridized carbons (Fsp3) is 0.250. The zero-order chi connectivity index (χ0) is 14.3. The Bertz CT molecular complexity index is 661. The summed E-state index contributed by atoms with van der Waals surface area (Å²) in [7, 11) is 0. The Morgan fingerprint density at radius 3 is 2.60 bits per heavy atom. The second-order valence-corrected chi connectivity index (χ2v) is 5.34. The summed E-state index contributed by atoms with van der Waals surface area (Å²) < 4.78 is 13.3. The molecule has 0 unspecified atom stereocenters. The summed E-state index contributed by atoms with van der Waals surface area (Å²) in [6.45, 7) is 0. The largest absolute Gasteiger partial charge is 0.319 e. The maximum Gasteiger partial charge on any atom is 0.295 e. The molecule has 1 heterocycles. The Labute approximate surface area is 123 Å². The van der Waals surface area contributed by atoms with E-state index in [1.807, 2.05) is 0 Å². The van der Waals surface area contributed by atoms with Crippen molar-refractivity contribution in [3.8, 4) is 0 Å². The monoisotopic (exact) mass is 314 g/mol. The molecule has 1 aliphatic rings. The predicted octanol–water partition coefficient (Wildman–Crippen LogP) is 3.38. The normalized spacial score (nSPS) is 14.3. The average molecular weight is 315 g/mol. The van der Waals surface area contributed by atoms with Crippen molar-refractivity contribution < 1.29 is 9.18 Å². The highest BCUT2D eigenvalue weighted by atomic mass is 35.5. The van der Waals surface area contributed by atoms with Gasteiger partial charge < -0.3 is 5.32 Å². The lowest BCUT2D eigenvalue weighted by Crippen LogP contribution is -2.14. The molecule has 0 saturated heterocycles. The minimum Gasteiger partial charge on any atom is -0.319 e. The number of rotatable bonds is 3. The molecule has 0 spiro atoms. The van der Waals surface area contributed by atoms with Gasteiger partial charge in [-0.05, 0) is 25.0 Å². The third kappa shape index (κ3) is 2.62. The summed E-state index contributed by atoms with van der Waals surface area (Å²) in [5.41, 5.74) is 0.282. The van der Waals surface area contributed by atoms with E-state index in [4.69, 9.17) is 23.2 Å². The Hall–Kier alpha value is -1.66. The lowest BCUT2D eigenvalue weighted by Gasteiger charge is -2.05. The van der Waals surface area contributed by atoms with E-state index in [0.29, 0.717) is 11.7 Å². The topological polar surface area (TPSA) is 70.7 Å². The number of halogens is 3. The first-order chi connectivity index (χ1) is 9.54. The third-order valence-corrected chi connectivity index (χ3v) is 3.46. The third-order valence-electron chi connectivity index (χ3n) is 2.91. The van der Waals surface area contributed by atoms with Gasteiger partial charge in [-0.3, -0.25) is 9.89 Å². The molecule has 1 aliphatic carbocycles. The fourth-order valence-electron chi connectivity index (χ4n) is 1.73. The number of H-pyrrole nitrogens is 1. The van der Waals surface area contributed by atoms with Crippen molar-refractivity contribution >= 4 is 34.8 Å². The predicted molar refractivity (Wildman–Crippen MR) is 72.7 cm³/mol. The van der Waals surface area contributed by atoms with Crippen molar-refractivity contribution in [2.24, 2.45) is 0 Å². The Morgan fingerprint density at radius 2 is 2.00 bits per heavy atom. The van der Waals surface area contributed by atoms with Crippen molar-refractivity contribution in [1.82, 2.24) is 15.2 Å². The van der Waals surface area contributed by atoms with Gasteiger partial charge in [-0.15, -0.1) is 5.10 Å². The van der Waals surface area contributed by atoms with Gasteiger partial charge in [0.1, 0.15) is 5.82 Å². The van der Waals surface area contributed by atoms with Crippen molar-refractivity contribution in [2.75, 3.05) is 5.32 Å². The number of nitrogens with zero attached hydrogens (tertiary/aromatic N) is 2. The molecule has 2 aromatic rings. The Morgan fingerprint density at radius 1 is 1.35 bits per heavy atom. The molecule has 104 valence electrons. The maximum absolute atomic E-state index is 13.3. The molecule has 2 N–H and O–H groups in total. The highest BCUT2D eigenvalue weighted by Crippen LogP contribution is 2.37. The highest BCUT2D eigenvalue weighted by Gasteiger charge is 2.28. The number of anilines is 1. The number of carbonyl (C=O) groups is 1. The molecule has 0 bridgehead atoms. The number of amides is 1. The maximum atomic E-state index is 13.3. The molecule has 0 radical (unpaired) electrons. The lowest BCUT2D eigenvalue weighted by atomic mass is 10.3. The Balaban J connectivity index is 1.77. The summed E-state index contributed by atoms with van der Waals surface area (Å²) in [5.74, 6) is -0.111. The van der Waals surface area contributed by atoms with E-state index in [-0.39, 0.29) is 21.6 Å². The lowest BCUT2D eigenvalue weighted by molar-refractivity contribution is 0.101. The van der Waals surface area contributed by atoms with Crippen LogP contribution in [0.3, 0.4) is 0 Å². The van der Waals surface area contributed by atoms with Crippen LogP contribution in [0, 0.1) is 5.82 Å². The zero-order valence-electron chi connectivity index (χ0n) is 10.1. The number of hydrogen-bond acceptors (Lipinski definition) is 3. The second-order valence-electron chi connectivity index (χ2n) is 4.53. The number of nitrogens with one attached hydrogen (secondary N) is 2. The van der Waals surface area contributed by atoms with Gasteiger partial charge in [0.2, 0.25) is 5.82 Å². The smallest absolute Gasteiger partial charge is 0.295 e. The highest BCUT2D eigenvalue weighted by molar-refractivity contribution is 6.35. The molecule has 1 amide bonds. The van der Waals surface area contributed by atoms with Crippen molar-refractivity contribution in [2.45, 2.75) is 18.8 Å². The van der Waals surface area contributed by atoms with Crippen LogP contribution in [0.4, 0.5) is 10.1 Å². The van der Waals surface area contributed by atoms with Crippen LogP contribution in [-0.2, 0) is 0 Å². The van der Waals surface area contributed by atoms with Crippen molar-refractivity contribution in [3.63, 3.8) is 0 Å². The van der Waals surface area contributed by atoms with Crippen LogP contribution in [-0.4, -0.2) is 21.1 Å². The average Bonchev–Trinajstić information content (AvgIpc) is 3.13. The second kappa shape index (κ2) is 5.03. The number of benzene rings is 1. The number of hydrogen-bond donors (Lipinski definition) is 2. The van der Waals surface area contributed by atoms with Crippen LogP contribution >= 0.6 is 23.2 Å². The minimum absolute atomic E-state index is 0.0310. The van der Waals surface area contributed by atoms with E-state index >= 15 is 0 Å². The first-order valence-electron chi connectivity index (χ1n) is 5.93. The summed E-state index contributed by atoms with van der Waals surface area (Å²) >= 11 is 11.3. The van der Waals surface area contributed by atoms with Crippen molar-refractivity contribution in [1.29, 1.82) is 0 Å². The van der Waals surface area contributed by atoms with E-state index in [2.05, 4.69) is 20.5 Å². The van der Waals surface area contributed by atoms with Gasteiger partial charge >= 0.3 is 0 Å². The summed E-state index contributed by atoms with van der Waals surface area (Å²) in [5, 5.41) is 8.77. The van der Waals surface area contributed by atoms with Crippen LogP contribution < -0.4 is 5.32 Å². The van der Waals surface area contributed by atoms with Crippen LogP contribution in [0.25, 0.3) is 0 Å². The summed E-state index contributed by atoms with van der Waals surface area (Å²) in [6.07, 6.45) is 2.11. The molecule has 20 heavy (non-hydrogen) atoms. The molecule has 0 aliphatic heterocycles. The van der Waals surface area contributed by atoms with Gasteiger partial charge in [0.15, 0.2) is 5.82 Å². The first kappa shape index (κ1) is 13.3. The van der Waals surface area contributed by atoms with Gasteiger partial charge in [-0.1, -0.05) is 23.2 Å². The van der Waals surface area contributed by atoms with Crippen molar-refractivity contribution in [3.05, 3.63) is 39.6 Å². The fourth-order valence-corrected chi connectivity index (χ4v) is 2.22. The van der Waals surface area contributed by atoms with E-state index in [0.717, 1.165) is 12.8 Å². The molecule has 1 aromatic heterocycles. The Kier molecular flexibility index (Phi) is 3.35. The molecule has 8 heteroatoms. The van der Waals surface area contributed by atoms with Crippen LogP contribution in [0.1, 0.15) is 35.2 Å². The van der Waals surface area contributed by atoms with Gasteiger partial charge in [-0.25, -0.2) is 9.37 Å². The molecule has 0 atom stereocenters. The van der Waals surface area contributed by atoms with Crippen LogP contribution in [0.5, 0.6) is 0 Å². The quantitative estimate of drug-likeness (QED) is 0.853. The summed E-state index contributed by atoms with van der Waals surface area (Å²) in [4.78, 5) is 16.1. The van der Waals surface area contributed by atoms with E-state index in [1.165, 1.54) is 12.1 Å². The molecule has 5 nitrogen and oxygen atoms in total. The zero-order valence-corrected chi connectivity index (χ0v) is 11.6. The molecule has 1 saturated carbocycles. The van der Waals surface area contributed by atoms with Gasteiger partial charge in [-0.2, -0.15) is 0 Å². The van der Waals surface area contributed by atoms with Crippen LogP contribution in [0.15, 0.2) is 12.1 Å². The van der Waals surface area contributed by atoms with E-state index in [1.54, 1.807) is 0 Å². The molecular formula is C12H9Cl2FN4O. The molecular weight excluding hydrogens is 306 g/mol. The minimum atomic E-state index is -0.722. The van der Waals surface area contributed by atoms with Gasteiger partial charge in [0.05, 0.1) is 10.0 Å². The number of aromatic amines is 1. The summed E-state index contributed by atoms with van der Waals surface area (Å²) in [6, 6.07) is 2.55.